The fourth-order valence-electron chi connectivity index (χ4n) is 1.70. The van der Waals surface area contributed by atoms with Gasteiger partial charge in [-0.15, -0.1) is 0 Å². The van der Waals surface area contributed by atoms with E-state index in [1.807, 2.05) is 30.3 Å². The van der Waals surface area contributed by atoms with Gasteiger partial charge in [0.25, 0.3) is 17.5 Å². The van der Waals surface area contributed by atoms with E-state index in [1.165, 1.54) is 30.3 Å². The van der Waals surface area contributed by atoms with Crippen LogP contribution in [0.25, 0.3) is 6.08 Å². The van der Waals surface area contributed by atoms with Gasteiger partial charge in [-0.2, -0.15) is 0 Å². The molecule has 0 saturated heterocycles. The lowest BCUT2D eigenvalue weighted by Crippen LogP contribution is -2.40. The molecule has 2 amide bonds. The van der Waals surface area contributed by atoms with Crippen LogP contribution in [0, 0.1) is 10.1 Å². The molecular formula is C16H13N3O4. The van der Waals surface area contributed by atoms with Crippen LogP contribution >= 0.6 is 0 Å². The predicted molar refractivity (Wildman–Crippen MR) is 84.2 cm³/mol. The molecule has 23 heavy (non-hydrogen) atoms. The Morgan fingerprint density at radius 1 is 0.957 bits per heavy atom. The fraction of sp³-hybridized carbons (Fsp3) is 0. The molecule has 2 aromatic rings. The smallest absolute Gasteiger partial charge is 0.268 e. The fourth-order valence-corrected chi connectivity index (χ4v) is 1.70. The molecule has 0 saturated carbocycles. The van der Waals surface area contributed by atoms with Crippen LogP contribution in [0.2, 0.25) is 0 Å². The van der Waals surface area contributed by atoms with Crippen molar-refractivity contribution in [3.05, 3.63) is 81.9 Å². The van der Waals surface area contributed by atoms with E-state index in [9.17, 15) is 19.7 Å². The highest BCUT2D eigenvalue weighted by atomic mass is 16.6. The van der Waals surface area contributed by atoms with Gasteiger partial charge in [0.1, 0.15) is 0 Å². The monoisotopic (exact) mass is 311 g/mol. The molecule has 2 aromatic carbocycles. The van der Waals surface area contributed by atoms with Crippen LogP contribution in [0.3, 0.4) is 0 Å². The molecule has 0 aliphatic carbocycles. The van der Waals surface area contributed by atoms with Crippen molar-refractivity contribution in [3.63, 3.8) is 0 Å². The normalized spacial score (nSPS) is 10.3. The lowest BCUT2D eigenvalue weighted by Gasteiger charge is -2.05. The van der Waals surface area contributed by atoms with Crippen LogP contribution in [0.1, 0.15) is 15.9 Å². The molecule has 0 atom stereocenters. The number of nitrogens with zero attached hydrogens (tertiary/aromatic N) is 1. The summed E-state index contributed by atoms with van der Waals surface area (Å²) in [6, 6.07) is 14.2. The Morgan fingerprint density at radius 3 is 2.22 bits per heavy atom. The molecule has 0 aromatic heterocycles. The molecular weight excluding hydrogens is 298 g/mol. The van der Waals surface area contributed by atoms with Crippen molar-refractivity contribution < 1.29 is 14.5 Å². The summed E-state index contributed by atoms with van der Waals surface area (Å²) in [5.74, 6) is -1.06. The molecule has 0 unspecified atom stereocenters. The Balaban J connectivity index is 1.87. The molecule has 0 radical (unpaired) electrons. The lowest BCUT2D eigenvalue weighted by molar-refractivity contribution is -0.384. The molecule has 0 heterocycles. The maximum absolute atomic E-state index is 11.8. The average molecular weight is 311 g/mol. The number of hydrazine groups is 1. The van der Waals surface area contributed by atoms with Gasteiger partial charge in [-0.3, -0.25) is 30.6 Å². The Hall–Kier alpha value is -3.48. The molecule has 7 heteroatoms. The number of amides is 2. The molecule has 0 aliphatic heterocycles. The van der Waals surface area contributed by atoms with Crippen LogP contribution in [0.15, 0.2) is 60.7 Å². The number of benzene rings is 2. The maximum atomic E-state index is 11.8. The van der Waals surface area contributed by atoms with Crippen LogP contribution in [-0.2, 0) is 4.79 Å². The van der Waals surface area contributed by atoms with E-state index >= 15 is 0 Å². The highest BCUT2D eigenvalue weighted by Crippen LogP contribution is 2.11. The zero-order valence-electron chi connectivity index (χ0n) is 11.9. The third kappa shape index (κ3) is 4.78. The Morgan fingerprint density at radius 2 is 1.61 bits per heavy atom. The van der Waals surface area contributed by atoms with Gasteiger partial charge < -0.3 is 0 Å². The van der Waals surface area contributed by atoms with Crippen molar-refractivity contribution in [1.82, 2.24) is 10.9 Å². The molecule has 7 nitrogen and oxygen atoms in total. The summed E-state index contributed by atoms with van der Waals surface area (Å²) in [6.07, 6.45) is 2.89. The molecule has 2 rings (SSSR count). The Bertz CT molecular complexity index is 740. The number of non-ortho nitro benzene ring substituents is 1. The summed E-state index contributed by atoms with van der Waals surface area (Å²) >= 11 is 0. The van der Waals surface area contributed by atoms with Gasteiger partial charge in [-0.1, -0.05) is 30.3 Å². The Labute approximate surface area is 131 Å². The largest absolute Gasteiger partial charge is 0.269 e. The molecule has 0 aliphatic rings. The lowest BCUT2D eigenvalue weighted by atomic mass is 10.2. The van der Waals surface area contributed by atoms with Crippen LogP contribution < -0.4 is 10.9 Å². The number of carbonyl (C=O) groups is 2. The van der Waals surface area contributed by atoms with E-state index in [-0.39, 0.29) is 11.3 Å². The summed E-state index contributed by atoms with van der Waals surface area (Å²) in [5.41, 5.74) is 5.39. The SMILES string of the molecule is O=C(/C=C\c1ccccc1)NNC(=O)c1ccc([N+](=O)[O-])cc1. The van der Waals surface area contributed by atoms with Gasteiger partial charge in [0, 0.05) is 23.8 Å². The van der Waals surface area contributed by atoms with Crippen LogP contribution in [0.5, 0.6) is 0 Å². The first kappa shape index (κ1) is 15.9. The number of nitrogens with one attached hydrogen (secondary N) is 2. The van der Waals surface area contributed by atoms with Gasteiger partial charge in [0.05, 0.1) is 4.92 Å². The zero-order chi connectivity index (χ0) is 16.7. The molecule has 2 N–H and O–H groups in total. The first-order valence-corrected chi connectivity index (χ1v) is 6.64. The van der Waals surface area contributed by atoms with Gasteiger partial charge in [0.15, 0.2) is 0 Å². The third-order valence-electron chi connectivity index (χ3n) is 2.87. The minimum absolute atomic E-state index is 0.114. The van der Waals surface area contributed by atoms with Gasteiger partial charge >= 0.3 is 0 Å². The number of hydrogen-bond donors (Lipinski definition) is 2. The third-order valence-corrected chi connectivity index (χ3v) is 2.87. The summed E-state index contributed by atoms with van der Waals surface area (Å²) in [5, 5.41) is 10.5. The maximum Gasteiger partial charge on any atom is 0.269 e. The summed E-state index contributed by atoms with van der Waals surface area (Å²) in [6.45, 7) is 0. The number of nitro benzene ring substituents is 1. The minimum Gasteiger partial charge on any atom is -0.268 e. The van der Waals surface area contributed by atoms with E-state index in [2.05, 4.69) is 10.9 Å². The Kier molecular flexibility index (Phi) is 5.19. The zero-order valence-corrected chi connectivity index (χ0v) is 11.9. The van der Waals surface area contributed by atoms with Gasteiger partial charge in [-0.05, 0) is 23.8 Å². The predicted octanol–water partition coefficient (Wildman–Crippen LogP) is 2.07. The number of nitro groups is 1. The highest BCUT2D eigenvalue weighted by molar-refractivity contribution is 5.98. The second kappa shape index (κ2) is 7.51. The van der Waals surface area contributed by atoms with E-state index in [0.29, 0.717) is 0 Å². The van der Waals surface area contributed by atoms with Crippen molar-refractivity contribution >= 4 is 23.6 Å². The quantitative estimate of drug-likeness (QED) is 0.512. The average Bonchev–Trinajstić information content (AvgIpc) is 2.58. The minimum atomic E-state index is -0.568. The standard InChI is InChI=1S/C16H13N3O4/c20-15(11-6-12-4-2-1-3-5-12)17-18-16(21)13-7-9-14(10-8-13)19(22)23/h1-11H,(H,17,20)(H,18,21)/b11-6-. The van der Waals surface area contributed by atoms with Crippen molar-refractivity contribution in [3.8, 4) is 0 Å². The highest BCUT2D eigenvalue weighted by Gasteiger charge is 2.09. The van der Waals surface area contributed by atoms with E-state index in [0.717, 1.165) is 5.56 Å². The van der Waals surface area contributed by atoms with Crippen molar-refractivity contribution in [2.45, 2.75) is 0 Å². The molecule has 0 spiro atoms. The number of hydrogen-bond acceptors (Lipinski definition) is 4. The summed E-state index contributed by atoms with van der Waals surface area (Å²) in [4.78, 5) is 33.3. The molecule has 0 bridgehead atoms. The van der Waals surface area contributed by atoms with Crippen molar-refractivity contribution in [2.75, 3.05) is 0 Å². The van der Waals surface area contributed by atoms with Gasteiger partial charge in [-0.25, -0.2) is 0 Å². The topological polar surface area (TPSA) is 101 Å². The number of rotatable bonds is 4. The first-order valence-electron chi connectivity index (χ1n) is 6.64. The molecule has 116 valence electrons. The molecule has 0 fully saturated rings. The number of carbonyl (C=O) groups excluding carboxylic acids is 2. The second-order valence-corrected chi connectivity index (χ2v) is 4.49. The van der Waals surface area contributed by atoms with Crippen molar-refractivity contribution in [2.24, 2.45) is 0 Å². The van der Waals surface area contributed by atoms with Crippen molar-refractivity contribution in [1.29, 1.82) is 0 Å². The summed E-state index contributed by atoms with van der Waals surface area (Å²) in [7, 11) is 0. The second-order valence-electron chi connectivity index (χ2n) is 4.49. The first-order chi connectivity index (χ1) is 11.1. The summed E-state index contributed by atoms with van der Waals surface area (Å²) < 4.78 is 0. The van der Waals surface area contributed by atoms with Crippen LogP contribution in [-0.4, -0.2) is 16.7 Å². The van der Waals surface area contributed by atoms with E-state index < -0.39 is 16.7 Å². The van der Waals surface area contributed by atoms with Gasteiger partial charge in [0.2, 0.25) is 0 Å². The van der Waals surface area contributed by atoms with E-state index in [1.54, 1.807) is 6.08 Å². The van der Waals surface area contributed by atoms with Crippen LogP contribution in [0.4, 0.5) is 5.69 Å². The van der Waals surface area contributed by atoms with E-state index in [4.69, 9.17) is 0 Å².